The van der Waals surface area contributed by atoms with E-state index in [4.69, 9.17) is 0 Å². The Balaban J connectivity index is 1.91. The monoisotopic (exact) mass is 388 g/mol. The molecule has 1 unspecified atom stereocenters. The van der Waals surface area contributed by atoms with Crippen LogP contribution < -0.4 is 5.32 Å². The number of thioether (sulfide) groups is 1. The van der Waals surface area contributed by atoms with Crippen molar-refractivity contribution in [1.29, 1.82) is 0 Å². The van der Waals surface area contributed by atoms with Crippen LogP contribution in [0, 0.1) is 5.92 Å². The second kappa shape index (κ2) is 8.75. The molecule has 0 aliphatic carbocycles. The van der Waals surface area contributed by atoms with E-state index in [1.165, 1.54) is 10.5 Å². The Hall–Kier alpha value is -1.77. The molecule has 0 saturated carbocycles. The zero-order chi connectivity index (χ0) is 19.3. The minimum Gasteiger partial charge on any atom is -0.353 e. The van der Waals surface area contributed by atoms with Crippen LogP contribution in [0.4, 0.5) is 13.2 Å². The first-order valence-electron chi connectivity index (χ1n) is 8.51. The Labute approximate surface area is 154 Å². The van der Waals surface area contributed by atoms with E-state index in [2.05, 4.69) is 29.4 Å². The standard InChI is InChI=1S/C17H23F3N4OS/c1-11(2)5-4-6-12(3)21-15(25)10-26-16-23-22-14-8-7-13(9-24(14)16)17(18,19)20/h7-9,11-12H,4-6,10H2,1-3H3,(H,21,25). The zero-order valence-corrected chi connectivity index (χ0v) is 15.8. The largest absolute Gasteiger partial charge is 0.417 e. The zero-order valence-electron chi connectivity index (χ0n) is 15.0. The quantitative estimate of drug-likeness (QED) is 0.690. The fraction of sp³-hybridized carbons (Fsp3) is 0.588. The van der Waals surface area contributed by atoms with Crippen LogP contribution in [0.1, 0.15) is 45.6 Å². The summed E-state index contributed by atoms with van der Waals surface area (Å²) in [6.45, 7) is 6.27. The lowest BCUT2D eigenvalue weighted by molar-refractivity contribution is -0.137. The molecule has 2 heterocycles. The van der Waals surface area contributed by atoms with Gasteiger partial charge in [0.05, 0.1) is 11.3 Å². The van der Waals surface area contributed by atoms with Crippen molar-refractivity contribution in [2.24, 2.45) is 5.92 Å². The first kappa shape index (κ1) is 20.5. The van der Waals surface area contributed by atoms with Crippen LogP contribution in [0.2, 0.25) is 0 Å². The molecular weight excluding hydrogens is 365 g/mol. The molecule has 1 N–H and O–H groups in total. The molecule has 0 saturated heterocycles. The third-order valence-electron chi connectivity index (χ3n) is 3.86. The van der Waals surface area contributed by atoms with Gasteiger partial charge in [-0.25, -0.2) is 0 Å². The van der Waals surface area contributed by atoms with Crippen molar-refractivity contribution in [3.63, 3.8) is 0 Å². The van der Waals surface area contributed by atoms with E-state index in [0.717, 1.165) is 43.3 Å². The Kier molecular flexibility index (Phi) is 6.91. The van der Waals surface area contributed by atoms with E-state index in [1.54, 1.807) is 0 Å². The van der Waals surface area contributed by atoms with Gasteiger partial charge in [0.25, 0.3) is 0 Å². The average molecular weight is 388 g/mol. The molecule has 1 amide bonds. The van der Waals surface area contributed by atoms with Crippen molar-refractivity contribution in [2.75, 3.05) is 5.75 Å². The summed E-state index contributed by atoms with van der Waals surface area (Å²) in [6, 6.07) is 2.29. The molecule has 2 aromatic heterocycles. The highest BCUT2D eigenvalue weighted by atomic mass is 32.2. The Bertz CT molecular complexity index is 745. The lowest BCUT2D eigenvalue weighted by Gasteiger charge is -2.14. The number of hydrogen-bond donors (Lipinski definition) is 1. The summed E-state index contributed by atoms with van der Waals surface area (Å²) < 4.78 is 39.8. The van der Waals surface area contributed by atoms with Crippen LogP contribution in [0.5, 0.6) is 0 Å². The SMILES string of the molecule is CC(C)CCCC(C)NC(=O)CSc1nnc2ccc(C(F)(F)F)cn12. The first-order valence-corrected chi connectivity index (χ1v) is 9.49. The fourth-order valence-corrected chi connectivity index (χ4v) is 3.21. The number of aromatic nitrogens is 3. The highest BCUT2D eigenvalue weighted by Gasteiger charge is 2.31. The summed E-state index contributed by atoms with van der Waals surface area (Å²) in [6.07, 6.45) is -0.436. The van der Waals surface area contributed by atoms with Gasteiger partial charge in [0.15, 0.2) is 10.8 Å². The normalized spacial score (nSPS) is 13.3. The van der Waals surface area contributed by atoms with Gasteiger partial charge < -0.3 is 5.32 Å². The van der Waals surface area contributed by atoms with Crippen molar-refractivity contribution in [1.82, 2.24) is 19.9 Å². The van der Waals surface area contributed by atoms with Crippen molar-refractivity contribution in [3.8, 4) is 0 Å². The molecule has 26 heavy (non-hydrogen) atoms. The molecule has 144 valence electrons. The molecule has 0 aliphatic heterocycles. The number of amides is 1. The van der Waals surface area contributed by atoms with Gasteiger partial charge in [-0.15, -0.1) is 10.2 Å². The van der Waals surface area contributed by atoms with Gasteiger partial charge in [0.1, 0.15) is 0 Å². The van der Waals surface area contributed by atoms with Gasteiger partial charge >= 0.3 is 6.18 Å². The molecular formula is C17H23F3N4OS. The predicted molar refractivity (Wildman–Crippen MR) is 95.0 cm³/mol. The van der Waals surface area contributed by atoms with Crippen LogP contribution >= 0.6 is 11.8 Å². The third-order valence-corrected chi connectivity index (χ3v) is 4.80. The van der Waals surface area contributed by atoms with E-state index in [-0.39, 0.29) is 22.9 Å². The second-order valence-corrected chi connectivity index (χ2v) is 7.65. The predicted octanol–water partition coefficient (Wildman–Crippen LogP) is 4.17. The Morgan fingerprint density at radius 1 is 1.23 bits per heavy atom. The number of nitrogens with one attached hydrogen (secondary N) is 1. The van der Waals surface area contributed by atoms with Gasteiger partial charge in [-0.2, -0.15) is 13.2 Å². The minimum absolute atomic E-state index is 0.0637. The van der Waals surface area contributed by atoms with Crippen LogP contribution in [0.3, 0.4) is 0 Å². The molecule has 1 atom stereocenters. The highest BCUT2D eigenvalue weighted by Crippen LogP contribution is 2.30. The molecule has 2 rings (SSSR count). The molecule has 5 nitrogen and oxygen atoms in total. The molecule has 0 aromatic carbocycles. The fourth-order valence-electron chi connectivity index (χ4n) is 2.49. The summed E-state index contributed by atoms with van der Waals surface area (Å²) in [5.41, 5.74) is -0.474. The molecule has 0 fully saturated rings. The number of hydrogen-bond acceptors (Lipinski definition) is 4. The van der Waals surface area contributed by atoms with Crippen molar-refractivity contribution < 1.29 is 18.0 Å². The summed E-state index contributed by atoms with van der Waals surface area (Å²) in [5, 5.41) is 10.9. The van der Waals surface area contributed by atoms with E-state index < -0.39 is 11.7 Å². The van der Waals surface area contributed by atoms with Gasteiger partial charge in [-0.1, -0.05) is 38.5 Å². The third kappa shape index (κ3) is 5.89. The van der Waals surface area contributed by atoms with E-state index in [1.807, 2.05) is 6.92 Å². The van der Waals surface area contributed by atoms with E-state index in [0.29, 0.717) is 11.6 Å². The number of alkyl halides is 3. The summed E-state index contributed by atoms with van der Waals surface area (Å²) in [7, 11) is 0. The number of carbonyl (C=O) groups excluding carboxylic acids is 1. The molecule has 2 aromatic rings. The maximum absolute atomic E-state index is 12.8. The number of pyridine rings is 1. The van der Waals surface area contributed by atoms with Crippen molar-refractivity contribution in [3.05, 3.63) is 23.9 Å². The summed E-state index contributed by atoms with van der Waals surface area (Å²) in [4.78, 5) is 12.0. The minimum atomic E-state index is -4.44. The van der Waals surface area contributed by atoms with Crippen LogP contribution in [-0.2, 0) is 11.0 Å². The van der Waals surface area contributed by atoms with E-state index in [9.17, 15) is 18.0 Å². The number of carbonyl (C=O) groups is 1. The lowest BCUT2D eigenvalue weighted by Crippen LogP contribution is -2.33. The number of fused-ring (bicyclic) bond motifs is 1. The molecule has 0 radical (unpaired) electrons. The van der Waals surface area contributed by atoms with Gasteiger partial charge in [-0.3, -0.25) is 9.20 Å². The second-order valence-electron chi connectivity index (χ2n) is 6.71. The Morgan fingerprint density at radius 2 is 1.96 bits per heavy atom. The molecule has 9 heteroatoms. The van der Waals surface area contributed by atoms with Crippen molar-refractivity contribution in [2.45, 2.75) is 57.4 Å². The van der Waals surface area contributed by atoms with E-state index >= 15 is 0 Å². The topological polar surface area (TPSA) is 59.3 Å². The molecule has 0 bridgehead atoms. The smallest absolute Gasteiger partial charge is 0.353 e. The lowest BCUT2D eigenvalue weighted by atomic mass is 10.0. The van der Waals surface area contributed by atoms with Crippen LogP contribution in [-0.4, -0.2) is 32.3 Å². The number of halogens is 3. The summed E-state index contributed by atoms with van der Waals surface area (Å²) >= 11 is 1.06. The van der Waals surface area contributed by atoms with Crippen LogP contribution in [0.15, 0.2) is 23.5 Å². The number of rotatable bonds is 8. The maximum atomic E-state index is 12.8. The number of nitrogens with zero attached hydrogens (tertiary/aromatic N) is 3. The molecule has 0 spiro atoms. The molecule has 0 aliphatic rings. The highest BCUT2D eigenvalue weighted by molar-refractivity contribution is 7.99. The summed E-state index contributed by atoms with van der Waals surface area (Å²) in [5.74, 6) is 0.540. The van der Waals surface area contributed by atoms with Gasteiger partial charge in [0.2, 0.25) is 5.91 Å². The van der Waals surface area contributed by atoms with Gasteiger partial charge in [0, 0.05) is 12.2 Å². The first-order chi connectivity index (χ1) is 12.2. The van der Waals surface area contributed by atoms with Gasteiger partial charge in [-0.05, 0) is 31.4 Å². The van der Waals surface area contributed by atoms with Crippen LogP contribution in [0.25, 0.3) is 5.65 Å². The maximum Gasteiger partial charge on any atom is 0.417 e. The van der Waals surface area contributed by atoms with Crippen molar-refractivity contribution >= 4 is 23.3 Å². The Morgan fingerprint density at radius 3 is 2.62 bits per heavy atom. The average Bonchev–Trinajstić information content (AvgIpc) is 2.94.